The maximum atomic E-state index is 10.7. The van der Waals surface area contributed by atoms with Crippen molar-refractivity contribution in [1.82, 2.24) is 0 Å². The maximum absolute atomic E-state index is 10.7. The van der Waals surface area contributed by atoms with Crippen LogP contribution in [0.4, 0.5) is 0 Å². The van der Waals surface area contributed by atoms with E-state index in [9.17, 15) is 4.79 Å². The third kappa shape index (κ3) is 1.49. The number of fused-ring (bicyclic) bond motifs is 1. The summed E-state index contributed by atoms with van der Waals surface area (Å²) in [7, 11) is 0. The first-order valence-electron chi connectivity index (χ1n) is 3.54. The van der Waals surface area contributed by atoms with Crippen LogP contribution < -0.4 is 0 Å². The first-order chi connectivity index (χ1) is 6.24. The lowest BCUT2D eigenvalue weighted by Crippen LogP contribution is -1.85. The van der Waals surface area contributed by atoms with E-state index in [1.807, 2.05) is 17.5 Å². The summed E-state index contributed by atoms with van der Waals surface area (Å²) >= 11 is 9.74. The summed E-state index contributed by atoms with van der Waals surface area (Å²) in [4.78, 5) is 10.7. The molecule has 0 atom stereocenters. The first-order valence-corrected chi connectivity index (χ1v) is 5.88. The predicted octanol–water partition coefficient (Wildman–Crippen LogP) is 3.97. The minimum atomic E-state index is 0.702. The van der Waals surface area contributed by atoms with Crippen LogP contribution in [0.2, 0.25) is 5.02 Å². The molecule has 1 aromatic carbocycles. The molecule has 0 amide bonds. The summed E-state index contributed by atoms with van der Waals surface area (Å²) < 4.78 is 2.07. The highest BCUT2D eigenvalue weighted by molar-refractivity contribution is 14.1. The van der Waals surface area contributed by atoms with Crippen LogP contribution in [0.25, 0.3) is 10.1 Å². The number of hydrogen-bond acceptors (Lipinski definition) is 2. The Balaban J connectivity index is 2.91. The molecule has 0 saturated carbocycles. The molecule has 66 valence electrons. The highest BCUT2D eigenvalue weighted by atomic mass is 127. The molecule has 2 rings (SSSR count). The molecule has 0 N–H and O–H groups in total. The second-order valence-corrected chi connectivity index (χ2v) is 4.94. The van der Waals surface area contributed by atoms with E-state index >= 15 is 0 Å². The molecule has 0 saturated heterocycles. The normalized spacial score (nSPS) is 10.6. The summed E-state index contributed by atoms with van der Waals surface area (Å²) in [5, 5.41) is 3.62. The molecule has 0 aliphatic rings. The number of carbonyl (C=O) groups excluding carboxylic acids is 1. The Hall–Kier alpha value is -0.130. The van der Waals surface area contributed by atoms with Gasteiger partial charge in [-0.1, -0.05) is 11.6 Å². The second-order valence-electron chi connectivity index (χ2n) is 2.54. The number of halogens is 2. The van der Waals surface area contributed by atoms with Crippen LogP contribution in [-0.2, 0) is 0 Å². The Morgan fingerprint density at radius 1 is 1.46 bits per heavy atom. The van der Waals surface area contributed by atoms with Gasteiger partial charge in [0.2, 0.25) is 0 Å². The highest BCUT2D eigenvalue weighted by Gasteiger charge is 2.08. The Morgan fingerprint density at radius 2 is 2.23 bits per heavy atom. The van der Waals surface area contributed by atoms with Crippen molar-refractivity contribution >= 4 is 61.9 Å². The van der Waals surface area contributed by atoms with Crippen molar-refractivity contribution in [3.05, 3.63) is 31.7 Å². The average Bonchev–Trinajstić information content (AvgIpc) is 2.49. The van der Waals surface area contributed by atoms with Gasteiger partial charge in [0.05, 0.1) is 5.02 Å². The van der Waals surface area contributed by atoms with E-state index in [0.717, 1.165) is 25.0 Å². The zero-order valence-electron chi connectivity index (χ0n) is 6.38. The number of hydrogen-bond donors (Lipinski definition) is 0. The molecule has 0 spiro atoms. The quantitative estimate of drug-likeness (QED) is 0.573. The summed E-state index contributed by atoms with van der Waals surface area (Å²) in [6.07, 6.45) is 0.856. The summed E-state index contributed by atoms with van der Waals surface area (Å²) in [6.45, 7) is 0. The van der Waals surface area contributed by atoms with Gasteiger partial charge < -0.3 is 0 Å². The molecule has 0 aliphatic heterocycles. The van der Waals surface area contributed by atoms with Crippen LogP contribution in [-0.4, -0.2) is 6.29 Å². The minimum absolute atomic E-state index is 0.702. The van der Waals surface area contributed by atoms with Gasteiger partial charge in [-0.25, -0.2) is 0 Å². The van der Waals surface area contributed by atoms with Crippen molar-refractivity contribution in [2.45, 2.75) is 0 Å². The molecule has 1 nitrogen and oxygen atoms in total. The van der Waals surface area contributed by atoms with Gasteiger partial charge in [0, 0.05) is 24.6 Å². The van der Waals surface area contributed by atoms with Crippen molar-refractivity contribution in [3.63, 3.8) is 0 Å². The number of thiophene rings is 1. The molecule has 1 heterocycles. The van der Waals surface area contributed by atoms with Crippen LogP contribution in [0.3, 0.4) is 0 Å². The molecule has 2 aromatic rings. The second kappa shape index (κ2) is 3.55. The van der Waals surface area contributed by atoms with Gasteiger partial charge in [-0.05, 0) is 34.7 Å². The van der Waals surface area contributed by atoms with Gasteiger partial charge in [0.15, 0.2) is 6.29 Å². The van der Waals surface area contributed by atoms with Gasteiger partial charge in [0.25, 0.3) is 0 Å². The van der Waals surface area contributed by atoms with E-state index < -0.39 is 0 Å². The summed E-state index contributed by atoms with van der Waals surface area (Å²) in [5.74, 6) is 0. The monoisotopic (exact) mass is 322 g/mol. The molecule has 13 heavy (non-hydrogen) atoms. The fourth-order valence-electron chi connectivity index (χ4n) is 1.16. The zero-order chi connectivity index (χ0) is 9.42. The Kier molecular flexibility index (Phi) is 2.58. The fraction of sp³-hybridized carbons (Fsp3) is 0. The minimum Gasteiger partial charge on any atom is -0.298 e. The lowest BCUT2D eigenvalue weighted by atomic mass is 10.2. The molecule has 0 radical (unpaired) electrons. The van der Waals surface area contributed by atoms with E-state index in [2.05, 4.69) is 22.6 Å². The van der Waals surface area contributed by atoms with Crippen LogP contribution in [0.5, 0.6) is 0 Å². The molecule has 4 heteroatoms. The third-order valence-electron chi connectivity index (χ3n) is 1.79. The number of rotatable bonds is 1. The molecular weight excluding hydrogens is 319 g/mol. The van der Waals surface area contributed by atoms with E-state index in [0.29, 0.717) is 5.56 Å². The van der Waals surface area contributed by atoms with Crippen molar-refractivity contribution < 1.29 is 4.79 Å². The van der Waals surface area contributed by atoms with Crippen molar-refractivity contribution in [2.75, 3.05) is 0 Å². The SMILES string of the molecule is O=Cc1ccc2scc(Cl)c2c1I. The van der Waals surface area contributed by atoms with Crippen LogP contribution in [0, 0.1) is 3.57 Å². The molecule has 0 bridgehead atoms. The lowest BCUT2D eigenvalue weighted by molar-refractivity contribution is 0.112. The van der Waals surface area contributed by atoms with Gasteiger partial charge in [0.1, 0.15) is 0 Å². The molecule has 0 aliphatic carbocycles. The standard InChI is InChI=1S/C9H4ClIOS/c10-6-4-13-7-2-1-5(3-12)9(11)8(6)7/h1-4H. The first kappa shape index (κ1) is 9.43. The maximum Gasteiger partial charge on any atom is 0.151 e. The Bertz CT molecular complexity index is 478. The predicted molar refractivity (Wildman–Crippen MR) is 64.9 cm³/mol. The number of benzene rings is 1. The summed E-state index contributed by atoms with van der Waals surface area (Å²) in [6, 6.07) is 3.75. The van der Waals surface area contributed by atoms with Gasteiger partial charge >= 0.3 is 0 Å². The van der Waals surface area contributed by atoms with Gasteiger partial charge in [-0.2, -0.15) is 0 Å². The molecular formula is C9H4ClIOS. The lowest BCUT2D eigenvalue weighted by Gasteiger charge is -1.98. The molecule has 1 aromatic heterocycles. The van der Waals surface area contributed by atoms with E-state index in [-0.39, 0.29) is 0 Å². The summed E-state index contributed by atoms with van der Waals surface area (Å²) in [5.41, 5.74) is 0.702. The van der Waals surface area contributed by atoms with Crippen LogP contribution in [0.1, 0.15) is 10.4 Å². The van der Waals surface area contributed by atoms with Crippen LogP contribution in [0.15, 0.2) is 17.5 Å². The number of aldehydes is 1. The van der Waals surface area contributed by atoms with Gasteiger partial charge in [-0.15, -0.1) is 11.3 Å². The Morgan fingerprint density at radius 3 is 2.92 bits per heavy atom. The average molecular weight is 323 g/mol. The van der Waals surface area contributed by atoms with E-state index in [1.54, 1.807) is 11.3 Å². The molecule has 0 fully saturated rings. The van der Waals surface area contributed by atoms with Crippen LogP contribution >= 0.6 is 45.5 Å². The van der Waals surface area contributed by atoms with Crippen molar-refractivity contribution in [3.8, 4) is 0 Å². The topological polar surface area (TPSA) is 17.1 Å². The van der Waals surface area contributed by atoms with Crippen molar-refractivity contribution in [2.24, 2.45) is 0 Å². The zero-order valence-corrected chi connectivity index (χ0v) is 10.1. The smallest absolute Gasteiger partial charge is 0.151 e. The van der Waals surface area contributed by atoms with Gasteiger partial charge in [-0.3, -0.25) is 4.79 Å². The van der Waals surface area contributed by atoms with E-state index in [4.69, 9.17) is 11.6 Å². The highest BCUT2D eigenvalue weighted by Crippen LogP contribution is 2.34. The number of carbonyl (C=O) groups is 1. The largest absolute Gasteiger partial charge is 0.298 e. The fourth-order valence-corrected chi connectivity index (χ4v) is 3.60. The molecule has 0 unspecified atom stereocenters. The van der Waals surface area contributed by atoms with Crippen molar-refractivity contribution in [1.29, 1.82) is 0 Å². The Labute approximate surface area is 97.8 Å². The third-order valence-corrected chi connectivity index (χ3v) is 4.33. The van der Waals surface area contributed by atoms with E-state index in [1.165, 1.54) is 0 Å².